The van der Waals surface area contributed by atoms with Crippen LogP contribution in [0.3, 0.4) is 0 Å². The lowest BCUT2D eigenvalue weighted by atomic mass is 10.2. The molecule has 0 aromatic heterocycles. The number of methoxy groups -OCH3 is 1. The quantitative estimate of drug-likeness (QED) is 0.841. The van der Waals surface area contributed by atoms with Gasteiger partial charge in [-0.2, -0.15) is 4.31 Å². The SMILES string of the molecule is COc1c(Br)cc(Cl)cc1S(=O)(=O)N1CCC[C@H]1C(=O)O. The van der Waals surface area contributed by atoms with Crippen molar-refractivity contribution in [2.75, 3.05) is 13.7 Å². The lowest BCUT2D eigenvalue weighted by molar-refractivity contribution is -0.140. The highest BCUT2D eigenvalue weighted by atomic mass is 79.9. The topological polar surface area (TPSA) is 83.9 Å². The standard InChI is InChI=1S/C12H13BrClNO5S/c1-20-11-8(13)5-7(14)6-10(11)21(18,19)15-4-2-3-9(15)12(16)17/h5-6,9H,2-4H2,1H3,(H,16,17)/t9-/m0/s1. The number of sulfonamides is 1. The number of hydrogen-bond donors (Lipinski definition) is 1. The number of carbonyl (C=O) groups is 1. The summed E-state index contributed by atoms with van der Waals surface area (Å²) >= 11 is 9.10. The van der Waals surface area contributed by atoms with Crippen molar-refractivity contribution in [2.45, 2.75) is 23.8 Å². The van der Waals surface area contributed by atoms with Gasteiger partial charge in [-0.25, -0.2) is 8.42 Å². The second-order valence-corrected chi connectivity index (χ2v) is 7.68. The van der Waals surface area contributed by atoms with Gasteiger partial charge in [-0.1, -0.05) is 11.6 Å². The van der Waals surface area contributed by atoms with Crippen LogP contribution in [0.25, 0.3) is 0 Å². The monoisotopic (exact) mass is 397 g/mol. The Hall–Kier alpha value is -0.830. The van der Waals surface area contributed by atoms with E-state index in [0.717, 1.165) is 4.31 Å². The van der Waals surface area contributed by atoms with Crippen molar-refractivity contribution in [3.63, 3.8) is 0 Å². The maximum Gasteiger partial charge on any atom is 0.322 e. The molecule has 1 saturated heterocycles. The summed E-state index contributed by atoms with van der Waals surface area (Å²) in [7, 11) is -2.67. The molecule has 1 fully saturated rings. The molecule has 116 valence electrons. The molecule has 0 aliphatic carbocycles. The Labute approximate surface area is 135 Å². The van der Waals surface area contributed by atoms with Gasteiger partial charge in [-0.05, 0) is 40.9 Å². The van der Waals surface area contributed by atoms with E-state index < -0.39 is 22.0 Å². The van der Waals surface area contributed by atoms with Gasteiger partial charge in [0.2, 0.25) is 10.0 Å². The average Bonchev–Trinajstić information content (AvgIpc) is 2.87. The summed E-state index contributed by atoms with van der Waals surface area (Å²) in [5.41, 5.74) is 0. The van der Waals surface area contributed by atoms with E-state index in [2.05, 4.69) is 15.9 Å². The molecule has 0 spiro atoms. The fourth-order valence-corrected chi connectivity index (χ4v) is 5.35. The van der Waals surface area contributed by atoms with Crippen LogP contribution in [0, 0.1) is 0 Å². The number of rotatable bonds is 4. The smallest absolute Gasteiger partial charge is 0.322 e. The molecule has 0 unspecified atom stereocenters. The molecule has 1 heterocycles. The van der Waals surface area contributed by atoms with Gasteiger partial charge < -0.3 is 9.84 Å². The first-order valence-electron chi connectivity index (χ1n) is 6.06. The summed E-state index contributed by atoms with van der Waals surface area (Å²) < 4.78 is 32.0. The van der Waals surface area contributed by atoms with Crippen LogP contribution in [-0.2, 0) is 14.8 Å². The van der Waals surface area contributed by atoms with E-state index in [1.807, 2.05) is 0 Å². The lowest BCUT2D eigenvalue weighted by Gasteiger charge is -2.22. The maximum atomic E-state index is 12.7. The molecule has 2 rings (SSSR count). The summed E-state index contributed by atoms with van der Waals surface area (Å²) in [6.45, 7) is 0.159. The highest BCUT2D eigenvalue weighted by Crippen LogP contribution is 2.38. The van der Waals surface area contributed by atoms with E-state index in [4.69, 9.17) is 21.4 Å². The largest absolute Gasteiger partial charge is 0.494 e. The third-order valence-electron chi connectivity index (χ3n) is 3.25. The lowest BCUT2D eigenvalue weighted by Crippen LogP contribution is -2.40. The second kappa shape index (κ2) is 6.12. The molecule has 9 heteroatoms. The normalized spacial score (nSPS) is 19.7. The molecule has 1 aromatic rings. The summed E-state index contributed by atoms with van der Waals surface area (Å²) in [6.07, 6.45) is 0.791. The molecule has 6 nitrogen and oxygen atoms in total. The summed E-state index contributed by atoms with van der Waals surface area (Å²) in [4.78, 5) is 11.1. The van der Waals surface area contributed by atoms with E-state index in [1.54, 1.807) is 0 Å². The van der Waals surface area contributed by atoms with Crippen molar-refractivity contribution in [3.05, 3.63) is 21.6 Å². The van der Waals surface area contributed by atoms with Crippen molar-refractivity contribution in [1.82, 2.24) is 4.31 Å². The molecule has 1 N–H and O–H groups in total. The zero-order valence-electron chi connectivity index (χ0n) is 11.0. The molecule has 1 atom stereocenters. The minimum Gasteiger partial charge on any atom is -0.494 e. The van der Waals surface area contributed by atoms with Crippen LogP contribution >= 0.6 is 27.5 Å². The van der Waals surface area contributed by atoms with Crippen LogP contribution < -0.4 is 4.74 Å². The predicted molar refractivity (Wildman–Crippen MR) is 80.3 cm³/mol. The minimum absolute atomic E-state index is 0.107. The minimum atomic E-state index is -4.01. The molecule has 0 saturated carbocycles. The molecule has 0 radical (unpaired) electrons. The number of nitrogens with zero attached hydrogens (tertiary/aromatic N) is 1. The zero-order chi connectivity index (χ0) is 15.8. The average molecular weight is 399 g/mol. The third kappa shape index (κ3) is 3.03. The molecular formula is C12H13BrClNO5S. The van der Waals surface area contributed by atoms with Gasteiger partial charge in [0.15, 0.2) is 5.75 Å². The Morgan fingerprint density at radius 3 is 2.76 bits per heavy atom. The molecule has 1 aliphatic rings. The van der Waals surface area contributed by atoms with Gasteiger partial charge in [0.1, 0.15) is 10.9 Å². The van der Waals surface area contributed by atoms with Crippen LogP contribution in [0.15, 0.2) is 21.5 Å². The summed E-state index contributed by atoms with van der Waals surface area (Å²) in [5.74, 6) is -1.05. The number of carboxylic acids is 1. The summed E-state index contributed by atoms with van der Waals surface area (Å²) in [6, 6.07) is 1.72. The van der Waals surface area contributed by atoms with Crippen molar-refractivity contribution in [3.8, 4) is 5.75 Å². The Morgan fingerprint density at radius 2 is 2.19 bits per heavy atom. The van der Waals surface area contributed by atoms with Crippen LogP contribution in [0.1, 0.15) is 12.8 Å². The van der Waals surface area contributed by atoms with Gasteiger partial charge in [-0.15, -0.1) is 0 Å². The molecule has 1 aromatic carbocycles. The van der Waals surface area contributed by atoms with E-state index >= 15 is 0 Å². The van der Waals surface area contributed by atoms with Gasteiger partial charge in [0.25, 0.3) is 0 Å². The predicted octanol–water partition coefficient (Wildman–Crippen LogP) is 2.35. The Kier molecular flexibility index (Phi) is 4.82. The van der Waals surface area contributed by atoms with Gasteiger partial charge in [0.05, 0.1) is 11.6 Å². The summed E-state index contributed by atoms with van der Waals surface area (Å²) in [5, 5.41) is 9.37. The van der Waals surface area contributed by atoms with Crippen molar-refractivity contribution < 1.29 is 23.1 Å². The first kappa shape index (κ1) is 16.5. The fraction of sp³-hybridized carbons (Fsp3) is 0.417. The molecule has 0 bridgehead atoms. The zero-order valence-corrected chi connectivity index (χ0v) is 14.2. The van der Waals surface area contributed by atoms with E-state index in [9.17, 15) is 13.2 Å². The molecule has 21 heavy (non-hydrogen) atoms. The number of ether oxygens (including phenoxy) is 1. The molecule has 1 aliphatic heterocycles. The van der Waals surface area contributed by atoms with Crippen molar-refractivity contribution in [1.29, 1.82) is 0 Å². The third-order valence-corrected chi connectivity index (χ3v) is 5.97. The fourth-order valence-electron chi connectivity index (χ4n) is 2.33. The van der Waals surface area contributed by atoms with Crippen LogP contribution in [0.2, 0.25) is 5.02 Å². The number of benzene rings is 1. The number of aliphatic carboxylic acids is 1. The first-order chi connectivity index (χ1) is 9.78. The maximum absolute atomic E-state index is 12.7. The first-order valence-corrected chi connectivity index (χ1v) is 8.68. The number of carboxylic acid groups (broad SMARTS) is 1. The highest BCUT2D eigenvalue weighted by molar-refractivity contribution is 9.10. The second-order valence-electron chi connectivity index (χ2n) is 4.53. The van der Waals surface area contributed by atoms with Gasteiger partial charge >= 0.3 is 5.97 Å². The van der Waals surface area contributed by atoms with E-state index in [-0.39, 0.29) is 22.2 Å². The number of halogens is 2. The van der Waals surface area contributed by atoms with Crippen LogP contribution in [0.5, 0.6) is 5.75 Å². The molecule has 0 amide bonds. The highest BCUT2D eigenvalue weighted by Gasteiger charge is 2.41. The van der Waals surface area contributed by atoms with Crippen LogP contribution in [-0.4, -0.2) is 43.5 Å². The number of hydrogen-bond acceptors (Lipinski definition) is 4. The Morgan fingerprint density at radius 1 is 1.52 bits per heavy atom. The Balaban J connectivity index is 2.57. The van der Waals surface area contributed by atoms with Gasteiger partial charge in [0, 0.05) is 11.6 Å². The van der Waals surface area contributed by atoms with Crippen molar-refractivity contribution >= 4 is 43.5 Å². The van der Waals surface area contributed by atoms with Crippen molar-refractivity contribution in [2.24, 2.45) is 0 Å². The molecular weight excluding hydrogens is 386 g/mol. The van der Waals surface area contributed by atoms with E-state index in [0.29, 0.717) is 17.3 Å². The van der Waals surface area contributed by atoms with Crippen LogP contribution in [0.4, 0.5) is 0 Å². The van der Waals surface area contributed by atoms with E-state index in [1.165, 1.54) is 19.2 Å². The van der Waals surface area contributed by atoms with Gasteiger partial charge in [-0.3, -0.25) is 4.79 Å². The Bertz CT molecular complexity index is 678.